The fourth-order valence-corrected chi connectivity index (χ4v) is 0.888. The number of H-pyrrole nitrogens is 1. The molecule has 4 nitrogen and oxygen atoms in total. The van der Waals surface area contributed by atoms with Crippen molar-refractivity contribution in [3.8, 4) is 6.07 Å². The summed E-state index contributed by atoms with van der Waals surface area (Å²) in [7, 11) is 1.60. The zero-order chi connectivity index (χ0) is 8.97. The van der Waals surface area contributed by atoms with E-state index in [1.807, 2.05) is 6.07 Å². The molecule has 1 aromatic heterocycles. The first-order valence-corrected chi connectivity index (χ1v) is 3.51. The van der Waals surface area contributed by atoms with Crippen molar-refractivity contribution in [2.75, 3.05) is 7.05 Å². The molecule has 0 atom stereocenters. The number of nitrogens with zero attached hydrogens (tertiary/aromatic N) is 2. The molecule has 0 aliphatic carbocycles. The fourth-order valence-electron chi connectivity index (χ4n) is 0.888. The molecule has 0 spiro atoms. The molecule has 4 heteroatoms. The van der Waals surface area contributed by atoms with Crippen molar-refractivity contribution >= 4 is 5.91 Å². The van der Waals surface area contributed by atoms with Gasteiger partial charge in [0.25, 0.3) is 0 Å². The molecule has 0 radical (unpaired) electrons. The van der Waals surface area contributed by atoms with Gasteiger partial charge in [-0.25, -0.2) is 0 Å². The topological polar surface area (TPSA) is 59.9 Å². The molecular weight excluding hydrogens is 154 g/mol. The number of hydrogen-bond donors (Lipinski definition) is 1. The highest BCUT2D eigenvalue weighted by atomic mass is 16.2. The molecule has 1 rings (SSSR count). The summed E-state index contributed by atoms with van der Waals surface area (Å²) in [4.78, 5) is 15.0. The van der Waals surface area contributed by atoms with E-state index in [2.05, 4.69) is 4.98 Å². The Hall–Kier alpha value is -1.76. The van der Waals surface area contributed by atoms with Crippen LogP contribution in [0.25, 0.3) is 0 Å². The minimum absolute atomic E-state index is 0.468. The first-order valence-electron chi connectivity index (χ1n) is 3.51. The van der Waals surface area contributed by atoms with Crippen LogP contribution >= 0.6 is 0 Å². The summed E-state index contributed by atoms with van der Waals surface area (Å²) in [6, 6.07) is 3.42. The molecule has 0 fully saturated rings. The Morgan fingerprint density at radius 1 is 1.83 bits per heavy atom. The first kappa shape index (κ1) is 8.34. The Labute approximate surface area is 70.4 Å². The number of amides is 1. The highest BCUT2D eigenvalue weighted by molar-refractivity contribution is 5.90. The lowest BCUT2D eigenvalue weighted by atomic mass is 10.3. The van der Waals surface area contributed by atoms with Gasteiger partial charge >= 0.3 is 5.91 Å². The number of hydrogen-bond acceptors (Lipinski definition) is 2. The Bertz CT molecular complexity index is 297. The Morgan fingerprint density at radius 3 is 3.08 bits per heavy atom. The highest BCUT2D eigenvalue weighted by Crippen LogP contribution is 2.00. The van der Waals surface area contributed by atoms with Crippen LogP contribution in [0.4, 0.5) is 0 Å². The first-order chi connectivity index (χ1) is 5.74. The third kappa shape index (κ3) is 1.86. The van der Waals surface area contributed by atoms with Gasteiger partial charge in [-0.3, -0.25) is 4.79 Å². The molecule has 0 saturated heterocycles. The molecule has 0 aliphatic heterocycles. The Morgan fingerprint density at radius 2 is 2.58 bits per heavy atom. The average Bonchev–Trinajstić information content (AvgIpc) is 2.55. The van der Waals surface area contributed by atoms with Gasteiger partial charge in [-0.05, 0) is 11.6 Å². The van der Waals surface area contributed by atoms with Gasteiger partial charge in [0.05, 0.1) is 0 Å². The van der Waals surface area contributed by atoms with Gasteiger partial charge in [0.2, 0.25) is 0 Å². The lowest BCUT2D eigenvalue weighted by molar-refractivity contribution is -0.124. The van der Waals surface area contributed by atoms with Crippen LogP contribution in [0.2, 0.25) is 0 Å². The summed E-state index contributed by atoms with van der Waals surface area (Å²) < 4.78 is 0. The number of aromatic amines is 1. The molecule has 1 heterocycles. The molecule has 0 unspecified atom stereocenters. The van der Waals surface area contributed by atoms with Crippen molar-refractivity contribution in [3.63, 3.8) is 0 Å². The van der Waals surface area contributed by atoms with Gasteiger partial charge in [-0.15, -0.1) is 0 Å². The molecule has 0 saturated carbocycles. The van der Waals surface area contributed by atoms with E-state index in [0.29, 0.717) is 6.54 Å². The van der Waals surface area contributed by atoms with Crippen LogP contribution in [0.15, 0.2) is 18.5 Å². The molecule has 1 amide bonds. The minimum Gasteiger partial charge on any atom is -0.367 e. The standard InChI is InChI=1S/C8H9N3O/c1-11(8(12)4-9)6-7-2-3-10-5-7/h2-3,5,10H,6H2,1H3. The zero-order valence-electron chi connectivity index (χ0n) is 6.74. The molecule has 0 bridgehead atoms. The van der Waals surface area contributed by atoms with Crippen LogP contribution in [-0.4, -0.2) is 22.8 Å². The van der Waals surface area contributed by atoms with E-state index in [1.54, 1.807) is 25.5 Å². The second kappa shape index (κ2) is 3.58. The second-order valence-corrected chi connectivity index (χ2v) is 2.49. The third-order valence-corrected chi connectivity index (χ3v) is 1.52. The number of carbonyl (C=O) groups excluding carboxylic acids is 1. The lowest BCUT2D eigenvalue weighted by Crippen LogP contribution is -2.24. The second-order valence-electron chi connectivity index (χ2n) is 2.49. The monoisotopic (exact) mass is 163 g/mol. The van der Waals surface area contributed by atoms with Gasteiger partial charge in [-0.2, -0.15) is 5.26 Å². The zero-order valence-corrected chi connectivity index (χ0v) is 6.74. The third-order valence-electron chi connectivity index (χ3n) is 1.52. The fraction of sp³-hybridized carbons (Fsp3) is 0.250. The van der Waals surface area contributed by atoms with E-state index in [9.17, 15) is 4.79 Å². The maximum atomic E-state index is 10.8. The summed E-state index contributed by atoms with van der Waals surface area (Å²) in [5.74, 6) is -0.517. The predicted molar refractivity (Wildman–Crippen MR) is 42.9 cm³/mol. The number of rotatable bonds is 2. The number of carbonyl (C=O) groups is 1. The Kier molecular flexibility index (Phi) is 2.49. The lowest BCUT2D eigenvalue weighted by Gasteiger charge is -2.10. The largest absolute Gasteiger partial charge is 0.367 e. The van der Waals surface area contributed by atoms with E-state index >= 15 is 0 Å². The summed E-state index contributed by atoms with van der Waals surface area (Å²) in [5, 5.41) is 8.28. The van der Waals surface area contributed by atoms with Crippen molar-refractivity contribution in [3.05, 3.63) is 24.0 Å². The van der Waals surface area contributed by atoms with Crippen LogP contribution in [0, 0.1) is 11.3 Å². The Balaban J connectivity index is 2.54. The minimum atomic E-state index is -0.517. The van der Waals surface area contributed by atoms with Crippen LogP contribution in [-0.2, 0) is 11.3 Å². The van der Waals surface area contributed by atoms with Crippen molar-refractivity contribution < 1.29 is 4.79 Å². The van der Waals surface area contributed by atoms with Crippen LogP contribution in [0.1, 0.15) is 5.56 Å². The van der Waals surface area contributed by atoms with Gasteiger partial charge in [0.1, 0.15) is 0 Å². The van der Waals surface area contributed by atoms with Crippen molar-refractivity contribution in [2.45, 2.75) is 6.54 Å². The van der Waals surface area contributed by atoms with E-state index in [-0.39, 0.29) is 0 Å². The maximum absolute atomic E-state index is 10.8. The number of aromatic nitrogens is 1. The van der Waals surface area contributed by atoms with E-state index < -0.39 is 5.91 Å². The maximum Gasteiger partial charge on any atom is 0.325 e. The molecule has 0 aliphatic rings. The van der Waals surface area contributed by atoms with Crippen molar-refractivity contribution in [2.24, 2.45) is 0 Å². The van der Waals surface area contributed by atoms with Crippen LogP contribution < -0.4 is 0 Å². The van der Waals surface area contributed by atoms with E-state index in [0.717, 1.165) is 5.56 Å². The molecule has 0 aromatic carbocycles. The molecule has 1 N–H and O–H groups in total. The molecule has 1 aromatic rings. The molecule has 62 valence electrons. The quantitative estimate of drug-likeness (QED) is 0.645. The highest BCUT2D eigenvalue weighted by Gasteiger charge is 2.06. The normalized spacial score (nSPS) is 9.00. The SMILES string of the molecule is CN(Cc1cc[nH]c1)C(=O)C#N. The average molecular weight is 163 g/mol. The van der Waals surface area contributed by atoms with Crippen molar-refractivity contribution in [1.82, 2.24) is 9.88 Å². The van der Waals surface area contributed by atoms with Crippen molar-refractivity contribution in [1.29, 1.82) is 5.26 Å². The smallest absolute Gasteiger partial charge is 0.325 e. The molecular formula is C8H9N3O. The van der Waals surface area contributed by atoms with Gasteiger partial charge in [0, 0.05) is 26.0 Å². The van der Waals surface area contributed by atoms with Crippen LogP contribution in [0.3, 0.4) is 0 Å². The summed E-state index contributed by atoms with van der Waals surface area (Å²) in [6.07, 6.45) is 3.57. The van der Waals surface area contributed by atoms with Gasteiger partial charge < -0.3 is 9.88 Å². The number of nitriles is 1. The summed E-state index contributed by atoms with van der Waals surface area (Å²) >= 11 is 0. The van der Waals surface area contributed by atoms with Gasteiger partial charge in [-0.1, -0.05) is 0 Å². The van der Waals surface area contributed by atoms with Gasteiger partial charge in [0.15, 0.2) is 6.07 Å². The van der Waals surface area contributed by atoms with E-state index in [4.69, 9.17) is 5.26 Å². The summed E-state index contributed by atoms with van der Waals surface area (Å²) in [6.45, 7) is 0.468. The molecule has 12 heavy (non-hydrogen) atoms. The number of nitrogens with one attached hydrogen (secondary N) is 1. The predicted octanol–water partition coefficient (Wildman–Crippen LogP) is 0.497. The van der Waals surface area contributed by atoms with Crippen LogP contribution in [0.5, 0.6) is 0 Å². The van der Waals surface area contributed by atoms with E-state index in [1.165, 1.54) is 4.90 Å². The summed E-state index contributed by atoms with van der Waals surface area (Å²) in [5.41, 5.74) is 0.987.